The molecule has 0 spiro atoms. The topological polar surface area (TPSA) is 83.2 Å². The van der Waals surface area contributed by atoms with Crippen molar-refractivity contribution in [3.63, 3.8) is 0 Å². The number of methoxy groups -OCH3 is 1. The third-order valence-corrected chi connectivity index (χ3v) is 5.48. The second-order valence-corrected chi connectivity index (χ2v) is 7.12. The lowest BCUT2D eigenvalue weighted by molar-refractivity contribution is -0.140. The quantitative estimate of drug-likeness (QED) is 0.386. The number of carbonyl (C=O) groups is 2. The van der Waals surface area contributed by atoms with E-state index in [2.05, 4.69) is 18.7 Å². The largest absolute Gasteiger partial charge is 0.507 e. The summed E-state index contributed by atoms with van der Waals surface area (Å²) in [5, 5.41) is 10.9. The summed E-state index contributed by atoms with van der Waals surface area (Å²) in [4.78, 5) is 29.5. The Balaban J connectivity index is 1.95. The molecule has 1 aromatic carbocycles. The molecule has 0 aliphatic carbocycles. The Morgan fingerprint density at radius 1 is 1.17 bits per heavy atom. The third kappa shape index (κ3) is 4.26. The first-order chi connectivity index (χ1) is 14.5. The van der Waals surface area contributed by atoms with Gasteiger partial charge in [0.1, 0.15) is 23.3 Å². The highest BCUT2D eigenvalue weighted by molar-refractivity contribution is 6.46. The van der Waals surface area contributed by atoms with Gasteiger partial charge in [-0.25, -0.2) is 0 Å². The van der Waals surface area contributed by atoms with Crippen LogP contribution in [0, 0.1) is 0 Å². The average Bonchev–Trinajstić information content (AvgIpc) is 3.38. The van der Waals surface area contributed by atoms with Gasteiger partial charge < -0.3 is 24.1 Å². The summed E-state index contributed by atoms with van der Waals surface area (Å²) in [6.45, 7) is 7.24. The predicted molar refractivity (Wildman–Crippen MR) is 113 cm³/mol. The van der Waals surface area contributed by atoms with E-state index >= 15 is 0 Å². The highest BCUT2D eigenvalue weighted by Crippen LogP contribution is 2.39. The van der Waals surface area contributed by atoms with E-state index < -0.39 is 17.7 Å². The fraction of sp³-hybridized carbons (Fsp3) is 0.391. The lowest BCUT2D eigenvalue weighted by Gasteiger charge is -2.25. The molecule has 1 aliphatic heterocycles. The van der Waals surface area contributed by atoms with Crippen molar-refractivity contribution in [3.8, 4) is 5.75 Å². The van der Waals surface area contributed by atoms with Crippen LogP contribution in [0.4, 0.5) is 0 Å². The van der Waals surface area contributed by atoms with Gasteiger partial charge in [0.05, 0.1) is 18.9 Å². The molecule has 1 saturated heterocycles. The average molecular weight is 412 g/mol. The minimum atomic E-state index is -0.751. The fourth-order valence-corrected chi connectivity index (χ4v) is 3.76. The Hall–Kier alpha value is -3.06. The molecule has 30 heavy (non-hydrogen) atoms. The highest BCUT2D eigenvalue weighted by atomic mass is 16.5. The van der Waals surface area contributed by atoms with Gasteiger partial charge in [-0.1, -0.05) is 13.8 Å². The first kappa shape index (κ1) is 21.6. The summed E-state index contributed by atoms with van der Waals surface area (Å²) < 4.78 is 10.7. The smallest absolute Gasteiger partial charge is 0.295 e. The predicted octanol–water partition coefficient (Wildman–Crippen LogP) is 3.44. The van der Waals surface area contributed by atoms with Crippen molar-refractivity contribution in [3.05, 3.63) is 59.6 Å². The molecular weight excluding hydrogens is 384 g/mol. The minimum Gasteiger partial charge on any atom is -0.507 e. The molecule has 1 aliphatic rings. The van der Waals surface area contributed by atoms with E-state index in [0.29, 0.717) is 30.0 Å². The number of rotatable bonds is 9. The van der Waals surface area contributed by atoms with E-state index in [9.17, 15) is 14.7 Å². The Kier molecular flexibility index (Phi) is 6.95. The van der Waals surface area contributed by atoms with Gasteiger partial charge in [-0.15, -0.1) is 0 Å². The SMILES string of the molecule is CCN(CC)CCCN1C(=O)C(=O)/C(=C(\O)c2ccc(OC)cc2)[C@@H]1c1ccco1. The molecule has 1 aromatic heterocycles. The van der Waals surface area contributed by atoms with E-state index in [0.717, 1.165) is 19.6 Å². The number of ketones is 1. The molecule has 1 amide bonds. The number of amides is 1. The summed E-state index contributed by atoms with van der Waals surface area (Å²) in [5.41, 5.74) is 0.483. The first-order valence-electron chi connectivity index (χ1n) is 10.2. The molecule has 0 radical (unpaired) electrons. The van der Waals surface area contributed by atoms with E-state index in [-0.39, 0.29) is 11.3 Å². The zero-order valence-electron chi connectivity index (χ0n) is 17.6. The molecule has 1 N–H and O–H groups in total. The molecule has 0 bridgehead atoms. The van der Waals surface area contributed by atoms with Gasteiger partial charge in [0, 0.05) is 12.1 Å². The lowest BCUT2D eigenvalue weighted by atomic mass is 9.99. The van der Waals surface area contributed by atoms with E-state index in [4.69, 9.17) is 9.15 Å². The maximum absolute atomic E-state index is 12.9. The van der Waals surface area contributed by atoms with Crippen LogP contribution in [0.5, 0.6) is 5.75 Å². The van der Waals surface area contributed by atoms with Gasteiger partial charge in [-0.2, -0.15) is 0 Å². The fourth-order valence-electron chi connectivity index (χ4n) is 3.76. The second kappa shape index (κ2) is 9.63. The van der Waals surface area contributed by atoms with Gasteiger partial charge in [0.15, 0.2) is 0 Å². The van der Waals surface area contributed by atoms with Crippen molar-refractivity contribution >= 4 is 17.4 Å². The lowest BCUT2D eigenvalue weighted by Crippen LogP contribution is -2.33. The monoisotopic (exact) mass is 412 g/mol. The Bertz CT molecular complexity index is 898. The van der Waals surface area contributed by atoms with Crippen LogP contribution in [0.25, 0.3) is 5.76 Å². The Morgan fingerprint density at radius 3 is 2.43 bits per heavy atom. The van der Waals surface area contributed by atoms with E-state index in [1.165, 1.54) is 11.2 Å². The number of furan rings is 1. The number of aliphatic hydroxyl groups is 1. The maximum Gasteiger partial charge on any atom is 0.295 e. The molecule has 3 rings (SSSR count). The van der Waals surface area contributed by atoms with Crippen molar-refractivity contribution in [1.29, 1.82) is 0 Å². The van der Waals surface area contributed by atoms with Gasteiger partial charge in [0.25, 0.3) is 11.7 Å². The van der Waals surface area contributed by atoms with E-state index in [1.807, 2.05) is 0 Å². The van der Waals surface area contributed by atoms with Crippen LogP contribution in [0.15, 0.2) is 52.7 Å². The summed E-state index contributed by atoms with van der Waals surface area (Å²) in [7, 11) is 1.55. The number of likely N-dealkylation sites (tertiary alicyclic amines) is 1. The molecule has 1 fully saturated rings. The number of ether oxygens (including phenoxy) is 1. The number of nitrogens with zero attached hydrogens (tertiary/aromatic N) is 2. The summed E-state index contributed by atoms with van der Waals surface area (Å²) in [6.07, 6.45) is 2.22. The van der Waals surface area contributed by atoms with Crippen LogP contribution in [0.3, 0.4) is 0 Å². The normalized spacial score (nSPS) is 18.4. The van der Waals surface area contributed by atoms with Crippen LogP contribution in [0.1, 0.15) is 37.6 Å². The molecule has 2 aromatic rings. The summed E-state index contributed by atoms with van der Waals surface area (Å²) in [5.74, 6) is -0.458. The molecule has 7 heteroatoms. The Morgan fingerprint density at radius 2 is 1.87 bits per heavy atom. The van der Waals surface area contributed by atoms with Gasteiger partial charge in [0.2, 0.25) is 0 Å². The number of hydrogen-bond donors (Lipinski definition) is 1. The summed E-state index contributed by atoms with van der Waals surface area (Å²) in [6, 6.07) is 9.36. The minimum absolute atomic E-state index is 0.0444. The molecule has 0 unspecified atom stereocenters. The van der Waals surface area contributed by atoms with Crippen molar-refractivity contribution in [2.24, 2.45) is 0 Å². The van der Waals surface area contributed by atoms with E-state index in [1.54, 1.807) is 43.5 Å². The standard InChI is InChI=1S/C23H28N2O5/c1-4-24(5-2)13-7-14-25-20(18-8-6-15-30-18)19(22(27)23(25)28)21(26)16-9-11-17(29-3)12-10-16/h6,8-12,15,20,26H,4-5,7,13-14H2,1-3H3/b21-19-/t20-/m0/s1. The summed E-state index contributed by atoms with van der Waals surface area (Å²) >= 11 is 0. The third-order valence-electron chi connectivity index (χ3n) is 5.48. The molecule has 0 saturated carbocycles. The molecular formula is C23H28N2O5. The van der Waals surface area contributed by atoms with Crippen molar-refractivity contribution in [2.75, 3.05) is 33.3 Å². The first-order valence-corrected chi connectivity index (χ1v) is 10.2. The number of aliphatic hydroxyl groups excluding tert-OH is 1. The number of carbonyl (C=O) groups excluding carboxylic acids is 2. The number of hydrogen-bond acceptors (Lipinski definition) is 6. The second-order valence-electron chi connectivity index (χ2n) is 7.12. The number of benzene rings is 1. The van der Waals surface area contributed by atoms with Crippen molar-refractivity contribution < 1.29 is 23.8 Å². The van der Waals surface area contributed by atoms with Crippen LogP contribution in [-0.4, -0.2) is 59.9 Å². The van der Waals surface area contributed by atoms with Crippen LogP contribution < -0.4 is 4.74 Å². The molecule has 160 valence electrons. The van der Waals surface area contributed by atoms with Gasteiger partial charge in [-0.05, 0) is 62.5 Å². The molecule has 2 heterocycles. The molecule has 7 nitrogen and oxygen atoms in total. The van der Waals surface area contributed by atoms with Crippen LogP contribution >= 0.6 is 0 Å². The number of Topliss-reactive ketones (excluding diaryl/α,β-unsaturated/α-hetero) is 1. The Labute approximate surface area is 176 Å². The van der Waals surface area contributed by atoms with Crippen LogP contribution in [-0.2, 0) is 9.59 Å². The zero-order chi connectivity index (χ0) is 21.7. The maximum atomic E-state index is 12.9. The van der Waals surface area contributed by atoms with Crippen molar-refractivity contribution in [1.82, 2.24) is 9.80 Å². The van der Waals surface area contributed by atoms with Gasteiger partial charge in [-0.3, -0.25) is 9.59 Å². The van der Waals surface area contributed by atoms with Gasteiger partial charge >= 0.3 is 0 Å². The van der Waals surface area contributed by atoms with Crippen molar-refractivity contribution in [2.45, 2.75) is 26.3 Å². The highest BCUT2D eigenvalue weighted by Gasteiger charge is 2.47. The van der Waals surface area contributed by atoms with Crippen LogP contribution in [0.2, 0.25) is 0 Å². The molecule has 1 atom stereocenters. The zero-order valence-corrected chi connectivity index (χ0v) is 17.6.